The SMILES string of the molecule is CCCCCCCCCCCCCCCCCCC(=O)CC(CC(=O)P(O)C(=O)CCN(C)C)NC(C)=O. The van der Waals surface area contributed by atoms with Crippen LogP contribution in [0, 0.1) is 0 Å². The van der Waals surface area contributed by atoms with Crippen LogP contribution in [0.5, 0.6) is 0 Å². The molecule has 2 unspecified atom stereocenters. The molecule has 222 valence electrons. The number of hydrogen-bond acceptors (Lipinski definition) is 6. The fourth-order valence-electron chi connectivity index (χ4n) is 4.57. The molecule has 2 N–H and O–H groups in total. The van der Waals surface area contributed by atoms with Crippen LogP contribution in [-0.2, 0) is 19.2 Å². The van der Waals surface area contributed by atoms with E-state index in [0.717, 1.165) is 19.3 Å². The summed E-state index contributed by atoms with van der Waals surface area (Å²) in [5, 5.41) is 2.64. The summed E-state index contributed by atoms with van der Waals surface area (Å²) in [6.45, 7) is 4.05. The molecule has 0 fully saturated rings. The first-order valence-electron chi connectivity index (χ1n) is 15.2. The van der Waals surface area contributed by atoms with Gasteiger partial charge < -0.3 is 15.1 Å². The van der Waals surface area contributed by atoms with Gasteiger partial charge in [0, 0.05) is 45.2 Å². The Morgan fingerprint density at radius 2 is 1.13 bits per heavy atom. The van der Waals surface area contributed by atoms with Gasteiger partial charge in [-0.25, -0.2) is 0 Å². The van der Waals surface area contributed by atoms with Crippen LogP contribution in [0.25, 0.3) is 0 Å². The van der Waals surface area contributed by atoms with Crippen LogP contribution in [-0.4, -0.2) is 59.2 Å². The van der Waals surface area contributed by atoms with Crippen molar-refractivity contribution in [2.24, 2.45) is 0 Å². The molecular weight excluding hydrogens is 499 g/mol. The van der Waals surface area contributed by atoms with E-state index in [1.54, 1.807) is 0 Å². The molecule has 0 aromatic rings. The topological polar surface area (TPSA) is 104 Å². The molecule has 8 heteroatoms. The Hall–Kier alpha value is -1.17. The average Bonchev–Trinajstić information content (AvgIpc) is 2.85. The smallest absolute Gasteiger partial charge is 0.217 e. The zero-order chi connectivity index (χ0) is 28.6. The molecule has 7 nitrogen and oxygen atoms in total. The minimum absolute atomic E-state index is 0.00288. The van der Waals surface area contributed by atoms with Gasteiger partial charge in [-0.1, -0.05) is 103 Å². The predicted molar refractivity (Wildman–Crippen MR) is 158 cm³/mol. The molecule has 0 aromatic carbocycles. The highest BCUT2D eigenvalue weighted by molar-refractivity contribution is 7.84. The van der Waals surface area contributed by atoms with Gasteiger partial charge in [0.1, 0.15) is 5.78 Å². The van der Waals surface area contributed by atoms with Crippen molar-refractivity contribution >= 4 is 30.9 Å². The number of rotatable bonds is 27. The Morgan fingerprint density at radius 1 is 0.684 bits per heavy atom. The van der Waals surface area contributed by atoms with Crippen LogP contribution < -0.4 is 5.32 Å². The molecule has 0 aliphatic rings. The quantitative estimate of drug-likeness (QED) is 0.0844. The van der Waals surface area contributed by atoms with Crippen LogP contribution in [0.4, 0.5) is 0 Å². The highest BCUT2D eigenvalue weighted by Crippen LogP contribution is 2.35. The van der Waals surface area contributed by atoms with Crippen molar-refractivity contribution in [2.75, 3.05) is 20.6 Å². The summed E-state index contributed by atoms with van der Waals surface area (Å²) >= 11 is 0. The summed E-state index contributed by atoms with van der Waals surface area (Å²) in [6.07, 6.45) is 20.8. The van der Waals surface area contributed by atoms with E-state index in [0.29, 0.717) is 13.0 Å². The molecule has 0 aliphatic carbocycles. The molecule has 0 aliphatic heterocycles. The number of unbranched alkanes of at least 4 members (excludes halogenated alkanes) is 15. The van der Waals surface area contributed by atoms with Gasteiger partial charge in [-0.05, 0) is 20.5 Å². The zero-order valence-electron chi connectivity index (χ0n) is 24.9. The maximum atomic E-state index is 12.5. The summed E-state index contributed by atoms with van der Waals surface area (Å²) in [6, 6.07) is -0.674. The third kappa shape index (κ3) is 22.8. The highest BCUT2D eigenvalue weighted by atomic mass is 31.1. The van der Waals surface area contributed by atoms with Crippen LogP contribution in [0.3, 0.4) is 0 Å². The summed E-state index contributed by atoms with van der Waals surface area (Å²) < 4.78 is 0. The van der Waals surface area contributed by atoms with Crippen LogP contribution in [0.2, 0.25) is 0 Å². The van der Waals surface area contributed by atoms with E-state index in [1.165, 1.54) is 90.4 Å². The molecule has 38 heavy (non-hydrogen) atoms. The second kappa shape index (κ2) is 24.8. The summed E-state index contributed by atoms with van der Waals surface area (Å²) in [5.41, 5.74) is -1.06. The molecule has 0 spiro atoms. The van der Waals surface area contributed by atoms with Crippen molar-refractivity contribution < 1.29 is 24.1 Å². The van der Waals surface area contributed by atoms with Gasteiger partial charge in [-0.3, -0.25) is 19.2 Å². The van der Waals surface area contributed by atoms with Crippen molar-refractivity contribution in [3.8, 4) is 0 Å². The van der Waals surface area contributed by atoms with E-state index in [4.69, 9.17) is 0 Å². The van der Waals surface area contributed by atoms with E-state index in [-0.39, 0.29) is 31.0 Å². The highest BCUT2D eigenvalue weighted by Gasteiger charge is 2.28. The molecular formula is C30H57N2O5P. The minimum Gasteiger partial charge on any atom is -0.360 e. The lowest BCUT2D eigenvalue weighted by atomic mass is 10.0. The number of nitrogens with zero attached hydrogens (tertiary/aromatic N) is 1. The van der Waals surface area contributed by atoms with Gasteiger partial charge in [0.15, 0.2) is 19.2 Å². The maximum absolute atomic E-state index is 12.5. The lowest BCUT2D eigenvalue weighted by molar-refractivity contribution is -0.122. The largest absolute Gasteiger partial charge is 0.360 e. The van der Waals surface area contributed by atoms with Crippen LogP contribution >= 0.6 is 8.15 Å². The molecule has 0 saturated heterocycles. The number of Topliss-reactive ketones (excluding diaryl/α,β-unsaturated/α-hetero) is 1. The van der Waals surface area contributed by atoms with Gasteiger partial charge in [-0.15, -0.1) is 0 Å². The standard InChI is InChI=1S/C30H57N2O5P/c1-5-6-7-8-9-10-11-12-13-14-15-16-17-18-19-20-21-28(34)24-27(31-26(2)33)25-30(36)38(37)29(35)22-23-32(3)4/h27,37H,5-25H2,1-4H3,(H,31,33). The minimum atomic E-state index is -2.41. The lowest BCUT2D eigenvalue weighted by Gasteiger charge is -2.18. The first kappa shape index (κ1) is 36.8. The Labute approximate surface area is 234 Å². The Balaban J connectivity index is 3.95. The summed E-state index contributed by atoms with van der Waals surface area (Å²) in [7, 11) is 1.21. The monoisotopic (exact) mass is 556 g/mol. The van der Waals surface area contributed by atoms with E-state index in [9.17, 15) is 24.1 Å². The first-order valence-corrected chi connectivity index (χ1v) is 16.4. The number of hydrogen-bond donors (Lipinski definition) is 2. The second-order valence-corrected chi connectivity index (χ2v) is 12.7. The Morgan fingerprint density at radius 3 is 1.55 bits per heavy atom. The van der Waals surface area contributed by atoms with E-state index >= 15 is 0 Å². The van der Waals surface area contributed by atoms with Crippen LogP contribution in [0.15, 0.2) is 0 Å². The molecule has 1 amide bonds. The first-order chi connectivity index (χ1) is 18.2. The maximum Gasteiger partial charge on any atom is 0.217 e. The number of nitrogens with one attached hydrogen (secondary N) is 1. The molecule has 0 heterocycles. The predicted octanol–water partition coefficient (Wildman–Crippen LogP) is 6.89. The van der Waals surface area contributed by atoms with Gasteiger partial charge in [0.05, 0.1) is 0 Å². The normalized spacial score (nSPS) is 12.9. The fourth-order valence-corrected chi connectivity index (χ4v) is 5.55. The number of amides is 1. The molecule has 0 saturated carbocycles. The average molecular weight is 557 g/mol. The van der Waals surface area contributed by atoms with Gasteiger partial charge in [0.2, 0.25) is 5.91 Å². The second-order valence-electron chi connectivity index (χ2n) is 11.1. The number of carbonyl (C=O) groups excluding carboxylic acids is 4. The summed E-state index contributed by atoms with van der Waals surface area (Å²) in [4.78, 5) is 60.4. The van der Waals surface area contributed by atoms with Gasteiger partial charge in [0.25, 0.3) is 0 Å². The van der Waals surface area contributed by atoms with Crippen molar-refractivity contribution in [1.82, 2.24) is 10.2 Å². The third-order valence-electron chi connectivity index (χ3n) is 6.86. The Kier molecular flexibility index (Phi) is 24.1. The Bertz CT molecular complexity index is 657. The fraction of sp³-hybridized carbons (Fsp3) is 0.867. The third-order valence-corrected chi connectivity index (χ3v) is 8.21. The van der Waals surface area contributed by atoms with Crippen molar-refractivity contribution in [3.05, 3.63) is 0 Å². The van der Waals surface area contributed by atoms with Crippen molar-refractivity contribution in [2.45, 2.75) is 148 Å². The molecule has 0 rings (SSSR count). The van der Waals surface area contributed by atoms with E-state index in [2.05, 4.69) is 12.2 Å². The van der Waals surface area contributed by atoms with Gasteiger partial charge >= 0.3 is 0 Å². The molecule has 0 bridgehead atoms. The van der Waals surface area contributed by atoms with Crippen molar-refractivity contribution in [3.63, 3.8) is 0 Å². The van der Waals surface area contributed by atoms with E-state index in [1.807, 2.05) is 19.0 Å². The number of carbonyl (C=O) groups is 4. The summed E-state index contributed by atoms with van der Waals surface area (Å²) in [5.74, 6) is -0.331. The zero-order valence-corrected chi connectivity index (χ0v) is 25.8. The van der Waals surface area contributed by atoms with E-state index < -0.39 is 25.2 Å². The molecule has 0 aromatic heterocycles. The molecule has 2 atom stereocenters. The van der Waals surface area contributed by atoms with Gasteiger partial charge in [-0.2, -0.15) is 0 Å². The van der Waals surface area contributed by atoms with Crippen LogP contribution in [0.1, 0.15) is 142 Å². The number of ketones is 1. The lowest BCUT2D eigenvalue weighted by Crippen LogP contribution is -2.36. The molecule has 0 radical (unpaired) electrons. The van der Waals surface area contributed by atoms with Crippen molar-refractivity contribution in [1.29, 1.82) is 0 Å².